The molecule has 0 unspecified atom stereocenters. The van der Waals surface area contributed by atoms with Crippen LogP contribution < -0.4 is 5.73 Å². The second-order valence-electron chi connectivity index (χ2n) is 4.45. The Hall–Kier alpha value is -2.04. The summed E-state index contributed by atoms with van der Waals surface area (Å²) < 4.78 is 9.89. The fraction of sp³-hybridized carbons (Fsp3) is 0.467. The van der Waals surface area contributed by atoms with Crippen molar-refractivity contribution in [2.45, 2.75) is 27.2 Å². The number of esters is 2. The number of nitrogen functional groups attached to an aromatic ring is 1. The molecule has 0 spiro atoms. The third-order valence-electron chi connectivity index (χ3n) is 2.93. The first-order valence-electron chi connectivity index (χ1n) is 6.67. The molecule has 0 amide bonds. The van der Waals surface area contributed by atoms with Crippen LogP contribution in [0.2, 0.25) is 0 Å². The van der Waals surface area contributed by atoms with Crippen LogP contribution in [0.1, 0.15) is 25.0 Å². The molecule has 1 aromatic carbocycles. The Morgan fingerprint density at radius 2 is 1.70 bits per heavy atom. The molecule has 0 heterocycles. The summed E-state index contributed by atoms with van der Waals surface area (Å²) in [4.78, 5) is 23.8. The Bertz CT molecular complexity index is 467. The largest absolute Gasteiger partial charge is 0.465 e. The van der Waals surface area contributed by atoms with Gasteiger partial charge >= 0.3 is 11.9 Å². The van der Waals surface area contributed by atoms with Gasteiger partial charge in [-0.15, -0.1) is 0 Å². The summed E-state index contributed by atoms with van der Waals surface area (Å²) in [7, 11) is 0. The van der Waals surface area contributed by atoms with Crippen molar-refractivity contribution in [2.75, 3.05) is 18.9 Å². The quantitative estimate of drug-likeness (QED) is 0.488. The van der Waals surface area contributed by atoms with Gasteiger partial charge < -0.3 is 15.2 Å². The first-order chi connectivity index (χ1) is 9.49. The van der Waals surface area contributed by atoms with Crippen molar-refractivity contribution in [3.8, 4) is 0 Å². The third kappa shape index (κ3) is 4.26. The predicted molar refractivity (Wildman–Crippen MR) is 76.1 cm³/mol. The van der Waals surface area contributed by atoms with E-state index >= 15 is 0 Å². The molecule has 0 bridgehead atoms. The maximum absolute atomic E-state index is 11.9. The molecule has 0 atom stereocenters. The van der Waals surface area contributed by atoms with Crippen molar-refractivity contribution in [3.63, 3.8) is 0 Å². The number of hydrogen-bond acceptors (Lipinski definition) is 5. The van der Waals surface area contributed by atoms with Crippen LogP contribution in [0.5, 0.6) is 0 Å². The number of benzene rings is 1. The lowest BCUT2D eigenvalue weighted by molar-refractivity contribution is -0.161. The van der Waals surface area contributed by atoms with Gasteiger partial charge in [-0.05, 0) is 50.5 Å². The zero-order valence-electron chi connectivity index (χ0n) is 12.1. The van der Waals surface area contributed by atoms with Gasteiger partial charge in [-0.25, -0.2) is 0 Å². The van der Waals surface area contributed by atoms with Crippen LogP contribution in [0.25, 0.3) is 0 Å². The van der Waals surface area contributed by atoms with E-state index in [2.05, 4.69) is 0 Å². The molecule has 0 saturated carbocycles. The van der Waals surface area contributed by atoms with E-state index in [0.717, 1.165) is 11.1 Å². The highest BCUT2D eigenvalue weighted by atomic mass is 16.6. The second-order valence-corrected chi connectivity index (χ2v) is 4.45. The lowest BCUT2D eigenvalue weighted by atomic mass is 9.96. The summed E-state index contributed by atoms with van der Waals surface area (Å²) >= 11 is 0. The molecule has 0 fully saturated rings. The average molecular weight is 279 g/mol. The molecule has 0 aliphatic rings. The van der Waals surface area contributed by atoms with Crippen LogP contribution in [0.4, 0.5) is 5.69 Å². The molecule has 0 saturated heterocycles. The van der Waals surface area contributed by atoms with Gasteiger partial charge in [-0.3, -0.25) is 9.59 Å². The number of carbonyl (C=O) groups is 2. The lowest BCUT2D eigenvalue weighted by Gasteiger charge is -2.15. The van der Waals surface area contributed by atoms with E-state index in [9.17, 15) is 9.59 Å². The Kier molecular flexibility index (Phi) is 6.03. The predicted octanol–water partition coefficient (Wildman–Crippen LogP) is 1.86. The molecule has 5 nitrogen and oxygen atoms in total. The molecular weight excluding hydrogens is 258 g/mol. The Morgan fingerprint density at radius 1 is 1.15 bits per heavy atom. The Morgan fingerprint density at radius 3 is 2.15 bits per heavy atom. The van der Waals surface area contributed by atoms with Gasteiger partial charge in [0.1, 0.15) is 0 Å². The molecule has 1 rings (SSSR count). The van der Waals surface area contributed by atoms with E-state index in [1.807, 2.05) is 19.1 Å². The van der Waals surface area contributed by atoms with Crippen LogP contribution in [0, 0.1) is 12.8 Å². The SMILES string of the molecule is CCOC(=O)C(Cc1ccc(N)cc1C)C(=O)OCC. The average Bonchev–Trinajstić information content (AvgIpc) is 2.38. The smallest absolute Gasteiger partial charge is 0.320 e. The van der Waals surface area contributed by atoms with Crippen molar-refractivity contribution >= 4 is 17.6 Å². The van der Waals surface area contributed by atoms with Gasteiger partial charge in [0.25, 0.3) is 0 Å². The minimum Gasteiger partial charge on any atom is -0.465 e. The van der Waals surface area contributed by atoms with Crippen LogP contribution in [-0.2, 0) is 25.5 Å². The fourth-order valence-corrected chi connectivity index (χ4v) is 1.92. The monoisotopic (exact) mass is 279 g/mol. The number of carbonyl (C=O) groups excluding carboxylic acids is 2. The van der Waals surface area contributed by atoms with E-state index in [0.29, 0.717) is 5.69 Å². The van der Waals surface area contributed by atoms with Gasteiger partial charge in [0.15, 0.2) is 5.92 Å². The zero-order valence-corrected chi connectivity index (χ0v) is 12.1. The van der Waals surface area contributed by atoms with Crippen molar-refractivity contribution in [2.24, 2.45) is 5.92 Å². The van der Waals surface area contributed by atoms with Gasteiger partial charge in [-0.2, -0.15) is 0 Å². The van der Waals surface area contributed by atoms with Gasteiger partial charge in [0.05, 0.1) is 13.2 Å². The molecule has 0 aromatic heterocycles. The molecule has 0 aliphatic carbocycles. The topological polar surface area (TPSA) is 78.6 Å². The van der Waals surface area contributed by atoms with Crippen LogP contribution >= 0.6 is 0 Å². The summed E-state index contributed by atoms with van der Waals surface area (Å²) in [5.41, 5.74) is 8.15. The highest BCUT2D eigenvalue weighted by Crippen LogP contribution is 2.18. The van der Waals surface area contributed by atoms with Crippen molar-refractivity contribution in [1.29, 1.82) is 0 Å². The summed E-state index contributed by atoms with van der Waals surface area (Å²) in [6.07, 6.45) is 0.254. The lowest BCUT2D eigenvalue weighted by Crippen LogP contribution is -2.30. The van der Waals surface area contributed by atoms with Crippen LogP contribution in [0.15, 0.2) is 18.2 Å². The molecular formula is C15H21NO4. The standard InChI is InChI=1S/C15H21NO4/c1-4-19-14(17)13(15(18)20-5-2)9-11-6-7-12(16)8-10(11)3/h6-8,13H,4-5,9,16H2,1-3H3. The van der Waals surface area contributed by atoms with Gasteiger partial charge in [0, 0.05) is 5.69 Å². The maximum atomic E-state index is 11.9. The molecule has 1 aromatic rings. The number of rotatable bonds is 6. The molecule has 2 N–H and O–H groups in total. The zero-order chi connectivity index (χ0) is 15.1. The van der Waals surface area contributed by atoms with E-state index in [1.165, 1.54) is 0 Å². The maximum Gasteiger partial charge on any atom is 0.320 e. The summed E-state index contributed by atoms with van der Waals surface area (Å²) in [6.45, 7) is 5.76. The van der Waals surface area contributed by atoms with E-state index in [1.54, 1.807) is 19.9 Å². The van der Waals surface area contributed by atoms with E-state index in [4.69, 9.17) is 15.2 Å². The molecule has 110 valence electrons. The normalized spacial score (nSPS) is 10.4. The summed E-state index contributed by atoms with van der Waals surface area (Å²) in [6, 6.07) is 5.37. The minimum absolute atomic E-state index is 0.232. The number of hydrogen-bond donors (Lipinski definition) is 1. The number of anilines is 1. The van der Waals surface area contributed by atoms with E-state index in [-0.39, 0.29) is 19.6 Å². The van der Waals surface area contributed by atoms with Crippen LogP contribution in [-0.4, -0.2) is 25.2 Å². The number of nitrogens with two attached hydrogens (primary N) is 1. The number of ether oxygens (including phenoxy) is 2. The Balaban J connectivity index is 2.93. The van der Waals surface area contributed by atoms with Crippen LogP contribution in [0.3, 0.4) is 0 Å². The van der Waals surface area contributed by atoms with Crippen molar-refractivity contribution in [1.82, 2.24) is 0 Å². The van der Waals surface area contributed by atoms with Crippen molar-refractivity contribution in [3.05, 3.63) is 29.3 Å². The highest BCUT2D eigenvalue weighted by Gasteiger charge is 2.30. The molecule has 0 aliphatic heterocycles. The highest BCUT2D eigenvalue weighted by molar-refractivity contribution is 5.95. The fourth-order valence-electron chi connectivity index (χ4n) is 1.92. The molecule has 0 radical (unpaired) electrons. The summed E-state index contributed by atoms with van der Waals surface area (Å²) in [5, 5.41) is 0. The summed E-state index contributed by atoms with van der Waals surface area (Å²) in [5.74, 6) is -2.04. The van der Waals surface area contributed by atoms with Gasteiger partial charge in [-0.1, -0.05) is 6.07 Å². The first-order valence-corrected chi connectivity index (χ1v) is 6.67. The van der Waals surface area contributed by atoms with E-state index < -0.39 is 17.9 Å². The third-order valence-corrected chi connectivity index (χ3v) is 2.93. The van der Waals surface area contributed by atoms with Gasteiger partial charge in [0.2, 0.25) is 0 Å². The minimum atomic E-state index is -0.933. The Labute approximate surface area is 119 Å². The molecule has 5 heteroatoms. The van der Waals surface area contributed by atoms with Crippen molar-refractivity contribution < 1.29 is 19.1 Å². The second kappa shape index (κ2) is 7.53. The first kappa shape index (κ1) is 16.0. The molecule has 20 heavy (non-hydrogen) atoms. The number of aryl methyl sites for hydroxylation is 1.